The van der Waals surface area contributed by atoms with Gasteiger partial charge >= 0.3 is 12.1 Å². The SMILES string of the molecule is CCOC(=O)C(C#Cc1ccccc1)(NC(=O)OC(C)(C)C)c1c[nH]c2ccccc12. The summed E-state index contributed by atoms with van der Waals surface area (Å²) >= 11 is 0. The third-order valence-electron chi connectivity index (χ3n) is 4.43. The number of hydrogen-bond donors (Lipinski definition) is 2. The molecule has 0 radical (unpaired) electrons. The molecule has 2 N–H and O–H groups in total. The summed E-state index contributed by atoms with van der Waals surface area (Å²) in [6.45, 7) is 7.09. The van der Waals surface area contributed by atoms with Crippen LogP contribution in [-0.2, 0) is 19.8 Å². The quantitative estimate of drug-likeness (QED) is 0.483. The Hall–Kier alpha value is -3.72. The van der Waals surface area contributed by atoms with Crippen LogP contribution in [0.3, 0.4) is 0 Å². The average molecular weight is 418 g/mol. The molecular weight excluding hydrogens is 392 g/mol. The van der Waals surface area contributed by atoms with E-state index in [4.69, 9.17) is 9.47 Å². The highest BCUT2D eigenvalue weighted by molar-refractivity contribution is 5.97. The third kappa shape index (κ3) is 5.07. The lowest BCUT2D eigenvalue weighted by atomic mass is 9.89. The lowest BCUT2D eigenvalue weighted by Gasteiger charge is -2.29. The second-order valence-corrected chi connectivity index (χ2v) is 7.96. The highest BCUT2D eigenvalue weighted by atomic mass is 16.6. The first-order valence-electron chi connectivity index (χ1n) is 10.1. The van der Waals surface area contributed by atoms with Crippen molar-refractivity contribution in [3.05, 3.63) is 71.9 Å². The molecule has 6 nitrogen and oxygen atoms in total. The Labute approximate surface area is 181 Å². The number of hydrogen-bond acceptors (Lipinski definition) is 4. The molecule has 1 amide bonds. The van der Waals surface area contributed by atoms with Crippen molar-refractivity contribution in [3.63, 3.8) is 0 Å². The van der Waals surface area contributed by atoms with Crippen molar-refractivity contribution in [2.75, 3.05) is 6.61 Å². The van der Waals surface area contributed by atoms with Gasteiger partial charge in [-0.15, -0.1) is 0 Å². The van der Waals surface area contributed by atoms with Crippen LogP contribution < -0.4 is 5.32 Å². The number of nitrogens with one attached hydrogen (secondary N) is 2. The van der Waals surface area contributed by atoms with Gasteiger partial charge in [-0.05, 0) is 45.9 Å². The lowest BCUT2D eigenvalue weighted by Crippen LogP contribution is -2.53. The van der Waals surface area contributed by atoms with Crippen molar-refractivity contribution in [1.82, 2.24) is 10.3 Å². The van der Waals surface area contributed by atoms with E-state index < -0.39 is 23.2 Å². The maximum absolute atomic E-state index is 13.3. The molecule has 160 valence electrons. The molecule has 1 unspecified atom stereocenters. The van der Waals surface area contributed by atoms with E-state index in [1.807, 2.05) is 54.6 Å². The normalized spacial score (nSPS) is 12.9. The van der Waals surface area contributed by atoms with Crippen LogP contribution in [0.5, 0.6) is 0 Å². The van der Waals surface area contributed by atoms with Gasteiger partial charge in [0, 0.05) is 28.2 Å². The fourth-order valence-corrected chi connectivity index (χ4v) is 3.14. The summed E-state index contributed by atoms with van der Waals surface area (Å²) < 4.78 is 10.8. The molecule has 0 saturated heterocycles. The molecule has 0 fully saturated rings. The van der Waals surface area contributed by atoms with E-state index in [1.165, 1.54) is 0 Å². The Bertz CT molecular complexity index is 1130. The minimum atomic E-state index is -1.77. The number of carbonyl (C=O) groups is 2. The first-order chi connectivity index (χ1) is 14.7. The van der Waals surface area contributed by atoms with Gasteiger partial charge in [-0.1, -0.05) is 48.2 Å². The number of rotatable bonds is 4. The van der Waals surface area contributed by atoms with Gasteiger partial charge in [0.1, 0.15) is 5.60 Å². The number of aromatic nitrogens is 1. The van der Waals surface area contributed by atoms with Gasteiger partial charge < -0.3 is 14.5 Å². The van der Waals surface area contributed by atoms with Gasteiger partial charge in [0.05, 0.1) is 6.61 Å². The molecule has 1 aromatic heterocycles. The first kappa shape index (κ1) is 22.0. The van der Waals surface area contributed by atoms with Gasteiger partial charge in [0.15, 0.2) is 0 Å². The summed E-state index contributed by atoms with van der Waals surface area (Å²) in [5.74, 6) is 5.31. The van der Waals surface area contributed by atoms with Crippen molar-refractivity contribution in [3.8, 4) is 11.8 Å². The molecule has 0 saturated carbocycles. The Morgan fingerprint density at radius 3 is 2.39 bits per heavy atom. The molecule has 3 rings (SSSR count). The van der Waals surface area contributed by atoms with Crippen molar-refractivity contribution < 1.29 is 19.1 Å². The van der Waals surface area contributed by atoms with E-state index in [1.54, 1.807) is 33.9 Å². The molecule has 6 heteroatoms. The maximum atomic E-state index is 13.3. The van der Waals surface area contributed by atoms with Crippen LogP contribution in [0.15, 0.2) is 60.8 Å². The van der Waals surface area contributed by atoms with Crippen LogP contribution in [-0.4, -0.2) is 29.3 Å². The van der Waals surface area contributed by atoms with Crippen LogP contribution >= 0.6 is 0 Å². The van der Waals surface area contributed by atoms with E-state index in [0.29, 0.717) is 11.1 Å². The number of ether oxygens (including phenoxy) is 2. The van der Waals surface area contributed by atoms with Crippen molar-refractivity contribution in [2.24, 2.45) is 0 Å². The number of benzene rings is 2. The van der Waals surface area contributed by atoms with Gasteiger partial charge in [-0.2, -0.15) is 0 Å². The topological polar surface area (TPSA) is 80.4 Å². The number of carbonyl (C=O) groups excluding carboxylic acids is 2. The predicted octanol–water partition coefficient (Wildman–Crippen LogP) is 4.50. The summed E-state index contributed by atoms with van der Waals surface area (Å²) in [6, 6.07) is 16.7. The zero-order chi connectivity index (χ0) is 22.5. The zero-order valence-electron chi connectivity index (χ0n) is 18.1. The smallest absolute Gasteiger partial charge is 0.409 e. The Morgan fingerprint density at radius 2 is 1.71 bits per heavy atom. The van der Waals surface area contributed by atoms with E-state index in [0.717, 1.165) is 10.9 Å². The standard InChI is InChI=1S/C25H26N2O4/c1-5-30-22(28)25(27-23(29)31-24(2,3)4,16-15-18-11-7-6-8-12-18)20-17-26-21-14-10-9-13-19(20)21/h6-14,17,26H,5H2,1-4H3,(H,27,29). The molecule has 2 aromatic carbocycles. The Morgan fingerprint density at radius 1 is 1.03 bits per heavy atom. The molecular formula is C25H26N2O4. The van der Waals surface area contributed by atoms with Gasteiger partial charge in [-0.25, -0.2) is 9.59 Å². The molecule has 1 heterocycles. The number of alkyl carbamates (subject to hydrolysis) is 1. The van der Waals surface area contributed by atoms with Crippen molar-refractivity contribution in [2.45, 2.75) is 38.8 Å². The predicted molar refractivity (Wildman–Crippen MR) is 119 cm³/mol. The van der Waals surface area contributed by atoms with Gasteiger partial charge in [-0.3, -0.25) is 5.32 Å². The van der Waals surface area contributed by atoms with Crippen LogP contribution in [0.1, 0.15) is 38.8 Å². The van der Waals surface area contributed by atoms with E-state index >= 15 is 0 Å². The number of amides is 1. The fourth-order valence-electron chi connectivity index (χ4n) is 3.14. The number of esters is 1. The minimum Gasteiger partial charge on any atom is -0.463 e. The molecule has 31 heavy (non-hydrogen) atoms. The van der Waals surface area contributed by atoms with Gasteiger partial charge in [0.25, 0.3) is 0 Å². The van der Waals surface area contributed by atoms with E-state index in [-0.39, 0.29) is 6.61 Å². The molecule has 0 aliphatic heterocycles. The Balaban J connectivity index is 2.21. The summed E-state index contributed by atoms with van der Waals surface area (Å²) in [4.78, 5) is 29.3. The first-order valence-corrected chi connectivity index (χ1v) is 10.1. The van der Waals surface area contributed by atoms with Crippen LogP contribution in [0.2, 0.25) is 0 Å². The fraction of sp³-hybridized carbons (Fsp3) is 0.280. The third-order valence-corrected chi connectivity index (χ3v) is 4.43. The van der Waals surface area contributed by atoms with Crippen LogP contribution in [0, 0.1) is 11.8 Å². The lowest BCUT2D eigenvalue weighted by molar-refractivity contribution is -0.149. The summed E-state index contributed by atoms with van der Waals surface area (Å²) in [5, 5.41) is 3.45. The number of para-hydroxylation sites is 1. The Kier molecular flexibility index (Phi) is 6.36. The molecule has 1 atom stereocenters. The second kappa shape index (κ2) is 8.97. The van der Waals surface area contributed by atoms with E-state index in [2.05, 4.69) is 22.1 Å². The van der Waals surface area contributed by atoms with Crippen molar-refractivity contribution >= 4 is 23.0 Å². The van der Waals surface area contributed by atoms with E-state index in [9.17, 15) is 9.59 Å². The number of aromatic amines is 1. The van der Waals surface area contributed by atoms with Crippen LogP contribution in [0.4, 0.5) is 4.79 Å². The minimum absolute atomic E-state index is 0.131. The number of H-pyrrole nitrogens is 1. The molecule has 0 bridgehead atoms. The average Bonchev–Trinajstić information content (AvgIpc) is 3.15. The van der Waals surface area contributed by atoms with Gasteiger partial charge in [0.2, 0.25) is 5.54 Å². The summed E-state index contributed by atoms with van der Waals surface area (Å²) in [6.07, 6.45) is 0.895. The molecule has 0 aliphatic rings. The highest BCUT2D eigenvalue weighted by Crippen LogP contribution is 2.31. The van der Waals surface area contributed by atoms with Crippen LogP contribution in [0.25, 0.3) is 10.9 Å². The second-order valence-electron chi connectivity index (χ2n) is 7.96. The largest absolute Gasteiger partial charge is 0.463 e. The summed E-state index contributed by atoms with van der Waals surface area (Å²) in [7, 11) is 0. The van der Waals surface area contributed by atoms with Crippen molar-refractivity contribution in [1.29, 1.82) is 0 Å². The maximum Gasteiger partial charge on any atom is 0.409 e. The molecule has 0 aliphatic carbocycles. The highest BCUT2D eigenvalue weighted by Gasteiger charge is 2.45. The monoisotopic (exact) mass is 418 g/mol. The molecule has 0 spiro atoms. The summed E-state index contributed by atoms with van der Waals surface area (Å²) in [5.41, 5.74) is -0.540. The number of fused-ring (bicyclic) bond motifs is 1. The molecule has 3 aromatic rings. The zero-order valence-corrected chi connectivity index (χ0v) is 18.1.